The first-order valence-electron chi connectivity index (χ1n) is 5.86. The molecular weight excluding hydrogens is 266 g/mol. The van der Waals surface area contributed by atoms with Crippen LogP contribution in [0, 0.1) is 0 Å². The molecule has 0 aliphatic rings. The van der Waals surface area contributed by atoms with Crippen molar-refractivity contribution in [2.75, 3.05) is 0 Å². The monoisotopic (exact) mass is 279 g/mol. The summed E-state index contributed by atoms with van der Waals surface area (Å²) < 4.78 is 5.17. The number of hydrogen-bond donors (Lipinski definition) is 2. The second-order valence-corrected chi connectivity index (χ2v) is 4.65. The summed E-state index contributed by atoms with van der Waals surface area (Å²) in [7, 11) is 0. The third kappa shape index (κ3) is 3.36. The summed E-state index contributed by atoms with van der Waals surface area (Å²) in [5.74, 6) is -0.557. The third-order valence-electron chi connectivity index (χ3n) is 2.91. The maximum Gasteiger partial charge on any atom is 0.339 e. The van der Waals surface area contributed by atoms with Crippen molar-refractivity contribution in [1.29, 1.82) is 0 Å². The van der Waals surface area contributed by atoms with Gasteiger partial charge in [0.1, 0.15) is 11.3 Å². The van der Waals surface area contributed by atoms with E-state index in [2.05, 4.69) is 5.32 Å². The fourth-order valence-corrected chi connectivity index (χ4v) is 1.91. The molecule has 100 valence electrons. The van der Waals surface area contributed by atoms with Crippen molar-refractivity contribution in [2.45, 2.75) is 19.5 Å². The Balaban J connectivity index is 2.00. The highest BCUT2D eigenvalue weighted by Crippen LogP contribution is 2.17. The molecular formula is C14H14ClNO3. The van der Waals surface area contributed by atoms with Gasteiger partial charge < -0.3 is 14.8 Å². The number of benzene rings is 1. The van der Waals surface area contributed by atoms with Gasteiger partial charge in [-0.3, -0.25) is 0 Å². The molecule has 2 aromatic rings. The fourth-order valence-electron chi connectivity index (χ4n) is 1.78. The Kier molecular flexibility index (Phi) is 4.24. The first-order chi connectivity index (χ1) is 9.08. The zero-order valence-corrected chi connectivity index (χ0v) is 11.1. The lowest BCUT2D eigenvalue weighted by Crippen LogP contribution is -2.19. The van der Waals surface area contributed by atoms with Gasteiger partial charge in [0.15, 0.2) is 0 Å². The van der Waals surface area contributed by atoms with E-state index in [1.54, 1.807) is 0 Å². The van der Waals surface area contributed by atoms with Crippen LogP contribution >= 0.6 is 11.6 Å². The van der Waals surface area contributed by atoms with Crippen LogP contribution in [0.15, 0.2) is 41.0 Å². The van der Waals surface area contributed by atoms with E-state index >= 15 is 0 Å². The number of aromatic carboxylic acids is 1. The number of carboxylic acids is 1. The number of furan rings is 1. The third-order valence-corrected chi connectivity index (χ3v) is 3.17. The van der Waals surface area contributed by atoms with Crippen LogP contribution in [0.1, 0.15) is 34.6 Å². The number of hydrogen-bond acceptors (Lipinski definition) is 3. The molecule has 5 heteroatoms. The molecule has 0 bridgehead atoms. The molecule has 19 heavy (non-hydrogen) atoms. The number of halogens is 1. The minimum atomic E-state index is -0.982. The summed E-state index contributed by atoms with van der Waals surface area (Å²) in [6, 6.07) is 9.03. The summed E-state index contributed by atoms with van der Waals surface area (Å²) in [5, 5.41) is 12.9. The minimum absolute atomic E-state index is 0.0732. The summed E-state index contributed by atoms with van der Waals surface area (Å²) >= 11 is 5.83. The largest absolute Gasteiger partial charge is 0.478 e. The summed E-state index contributed by atoms with van der Waals surface area (Å²) in [4.78, 5) is 10.9. The van der Waals surface area contributed by atoms with Crippen molar-refractivity contribution in [1.82, 2.24) is 5.32 Å². The Morgan fingerprint density at radius 1 is 1.37 bits per heavy atom. The van der Waals surface area contributed by atoms with Crippen LogP contribution in [0.25, 0.3) is 0 Å². The number of carboxylic acid groups (broad SMARTS) is 1. The molecule has 0 saturated carbocycles. The molecule has 0 spiro atoms. The Bertz CT molecular complexity index is 562. The standard InChI is InChI=1S/C14H14ClNO3/c1-9(10-2-4-11(15)5-3-10)16-8-13-12(14(17)18)6-7-19-13/h2-7,9,16H,8H2,1H3,(H,17,18)/t9-/m1/s1. The topological polar surface area (TPSA) is 62.5 Å². The van der Waals surface area contributed by atoms with Crippen LogP contribution < -0.4 is 5.32 Å². The highest BCUT2D eigenvalue weighted by molar-refractivity contribution is 6.30. The second kappa shape index (κ2) is 5.91. The van der Waals surface area contributed by atoms with E-state index in [-0.39, 0.29) is 11.6 Å². The molecule has 0 amide bonds. The molecule has 0 fully saturated rings. The van der Waals surface area contributed by atoms with Crippen LogP contribution in [-0.4, -0.2) is 11.1 Å². The highest BCUT2D eigenvalue weighted by Gasteiger charge is 2.14. The van der Waals surface area contributed by atoms with Crippen molar-refractivity contribution in [2.24, 2.45) is 0 Å². The second-order valence-electron chi connectivity index (χ2n) is 4.22. The molecule has 1 heterocycles. The predicted molar refractivity (Wildman–Crippen MR) is 72.4 cm³/mol. The van der Waals surface area contributed by atoms with Crippen LogP contribution in [0.3, 0.4) is 0 Å². The smallest absolute Gasteiger partial charge is 0.339 e. The first kappa shape index (κ1) is 13.6. The van der Waals surface area contributed by atoms with E-state index in [1.165, 1.54) is 12.3 Å². The summed E-state index contributed by atoms with van der Waals surface area (Å²) in [6.45, 7) is 2.35. The lowest BCUT2D eigenvalue weighted by atomic mass is 10.1. The van der Waals surface area contributed by atoms with Crippen LogP contribution in [0.4, 0.5) is 0 Å². The normalized spacial score (nSPS) is 12.3. The Hall–Kier alpha value is -1.78. The lowest BCUT2D eigenvalue weighted by Gasteiger charge is -2.13. The van der Waals surface area contributed by atoms with E-state index in [4.69, 9.17) is 21.1 Å². The van der Waals surface area contributed by atoms with Crippen molar-refractivity contribution in [3.05, 3.63) is 58.5 Å². The van der Waals surface area contributed by atoms with Gasteiger partial charge in [0, 0.05) is 11.1 Å². The molecule has 1 aromatic heterocycles. The average Bonchev–Trinajstić information content (AvgIpc) is 2.85. The van der Waals surface area contributed by atoms with Gasteiger partial charge >= 0.3 is 5.97 Å². The molecule has 2 rings (SSSR count). The number of nitrogens with one attached hydrogen (secondary N) is 1. The molecule has 0 unspecified atom stereocenters. The lowest BCUT2D eigenvalue weighted by molar-refractivity contribution is 0.0694. The van der Waals surface area contributed by atoms with Gasteiger partial charge in [-0.1, -0.05) is 23.7 Å². The molecule has 0 radical (unpaired) electrons. The molecule has 1 atom stereocenters. The zero-order valence-electron chi connectivity index (χ0n) is 10.4. The maximum absolute atomic E-state index is 10.9. The van der Waals surface area contributed by atoms with Crippen LogP contribution in [0.5, 0.6) is 0 Å². The summed E-state index contributed by atoms with van der Waals surface area (Å²) in [5.41, 5.74) is 1.27. The van der Waals surface area contributed by atoms with E-state index in [0.717, 1.165) is 5.56 Å². The van der Waals surface area contributed by atoms with Crippen molar-refractivity contribution in [3.8, 4) is 0 Å². The van der Waals surface area contributed by atoms with Crippen molar-refractivity contribution >= 4 is 17.6 Å². The van der Waals surface area contributed by atoms with Crippen LogP contribution in [-0.2, 0) is 6.54 Å². The molecule has 0 aliphatic carbocycles. The average molecular weight is 280 g/mol. The first-order valence-corrected chi connectivity index (χ1v) is 6.24. The van der Waals surface area contributed by atoms with Crippen molar-refractivity contribution < 1.29 is 14.3 Å². The van der Waals surface area contributed by atoms with E-state index in [1.807, 2.05) is 31.2 Å². The van der Waals surface area contributed by atoms with Gasteiger partial charge in [0.25, 0.3) is 0 Å². The predicted octanol–water partition coefficient (Wildman–Crippen LogP) is 3.48. The fraction of sp³-hybridized carbons (Fsp3) is 0.214. The highest BCUT2D eigenvalue weighted by atomic mass is 35.5. The zero-order chi connectivity index (χ0) is 13.8. The SMILES string of the molecule is C[C@@H](NCc1occc1C(=O)O)c1ccc(Cl)cc1. The minimum Gasteiger partial charge on any atom is -0.478 e. The van der Waals surface area contributed by atoms with Gasteiger partial charge in [-0.2, -0.15) is 0 Å². The Labute approximate surface area is 116 Å². The van der Waals surface area contributed by atoms with Crippen LogP contribution in [0.2, 0.25) is 5.02 Å². The molecule has 0 saturated heterocycles. The van der Waals surface area contributed by atoms with E-state index in [0.29, 0.717) is 17.3 Å². The number of carbonyl (C=O) groups is 1. The van der Waals surface area contributed by atoms with E-state index < -0.39 is 5.97 Å². The van der Waals surface area contributed by atoms with Gasteiger partial charge in [-0.25, -0.2) is 4.79 Å². The quantitative estimate of drug-likeness (QED) is 0.879. The number of rotatable bonds is 5. The summed E-state index contributed by atoms with van der Waals surface area (Å²) in [6.07, 6.45) is 1.38. The molecule has 0 aliphatic heterocycles. The van der Waals surface area contributed by atoms with E-state index in [9.17, 15) is 4.79 Å². The van der Waals surface area contributed by atoms with Crippen molar-refractivity contribution in [3.63, 3.8) is 0 Å². The maximum atomic E-state index is 10.9. The van der Waals surface area contributed by atoms with Gasteiger partial charge in [-0.15, -0.1) is 0 Å². The van der Waals surface area contributed by atoms with Gasteiger partial charge in [-0.05, 0) is 30.7 Å². The Morgan fingerprint density at radius 3 is 2.68 bits per heavy atom. The van der Waals surface area contributed by atoms with Gasteiger partial charge in [0.05, 0.1) is 12.8 Å². The van der Waals surface area contributed by atoms with Gasteiger partial charge in [0.2, 0.25) is 0 Å². The molecule has 2 N–H and O–H groups in total. The Morgan fingerprint density at radius 2 is 2.05 bits per heavy atom. The molecule has 1 aromatic carbocycles. The molecule has 4 nitrogen and oxygen atoms in total.